The van der Waals surface area contributed by atoms with Gasteiger partial charge in [0, 0.05) is 29.8 Å². The van der Waals surface area contributed by atoms with Crippen LogP contribution in [0, 0.1) is 11.3 Å². The van der Waals surface area contributed by atoms with Crippen LogP contribution in [-0.4, -0.2) is 33.8 Å². The average Bonchev–Trinajstić information content (AvgIpc) is 3.81. The van der Waals surface area contributed by atoms with Crippen LogP contribution >= 0.6 is 11.3 Å². The number of nitrogens with zero attached hydrogens (tertiary/aromatic N) is 5. The maximum atomic E-state index is 12.1. The van der Waals surface area contributed by atoms with Gasteiger partial charge in [-0.05, 0) is 41.0 Å². The summed E-state index contributed by atoms with van der Waals surface area (Å²) in [7, 11) is -3.32. The predicted octanol–water partition coefficient (Wildman–Crippen LogP) is 7.04. The molecule has 7 nitrogen and oxygen atoms in total. The van der Waals surface area contributed by atoms with E-state index in [0.717, 1.165) is 32.8 Å². The van der Waals surface area contributed by atoms with Gasteiger partial charge >= 0.3 is 0 Å². The summed E-state index contributed by atoms with van der Waals surface area (Å²) in [5.41, 5.74) is 5.35. The summed E-state index contributed by atoms with van der Waals surface area (Å²) in [6.07, 6.45) is 6.80. The lowest BCUT2D eigenvalue weighted by atomic mass is 9.77. The topological polar surface area (TPSA) is 93.0 Å². The summed E-state index contributed by atoms with van der Waals surface area (Å²) in [5.74, 6) is 0. The molecule has 7 rings (SSSR count). The summed E-state index contributed by atoms with van der Waals surface area (Å²) in [6, 6.07) is 40.1. The lowest BCUT2D eigenvalue weighted by Crippen LogP contribution is -2.38. The summed E-state index contributed by atoms with van der Waals surface area (Å²) in [4.78, 5) is 5.32. The molecule has 214 valence electrons. The second-order valence-corrected chi connectivity index (χ2v) is 13.8. The fourth-order valence-corrected chi connectivity index (χ4v) is 7.69. The second kappa shape index (κ2) is 10.8. The van der Waals surface area contributed by atoms with Gasteiger partial charge in [0.1, 0.15) is 21.5 Å². The molecule has 0 aliphatic carbocycles. The smallest absolute Gasteiger partial charge is 0.184 e. The van der Waals surface area contributed by atoms with E-state index in [1.54, 1.807) is 18.3 Å². The Bertz CT molecular complexity index is 2170. The third kappa shape index (κ3) is 4.52. The molecule has 0 unspecified atom stereocenters. The zero-order chi connectivity index (χ0) is 30.3. The first kappa shape index (κ1) is 27.5. The molecule has 4 aromatic heterocycles. The van der Waals surface area contributed by atoms with Crippen LogP contribution in [0.2, 0.25) is 0 Å². The molecule has 0 bridgehead atoms. The van der Waals surface area contributed by atoms with E-state index in [2.05, 4.69) is 47.5 Å². The summed E-state index contributed by atoms with van der Waals surface area (Å²) >= 11 is 1.20. The first-order chi connectivity index (χ1) is 21.4. The van der Waals surface area contributed by atoms with Gasteiger partial charge in [-0.2, -0.15) is 10.4 Å². The number of hydrogen-bond acceptors (Lipinski definition) is 6. The monoisotopic (exact) mass is 611 g/mol. The van der Waals surface area contributed by atoms with Crippen molar-refractivity contribution >= 4 is 26.8 Å². The van der Waals surface area contributed by atoms with Crippen molar-refractivity contribution in [2.24, 2.45) is 0 Å². The average molecular weight is 612 g/mol. The number of hydrogen-bond donors (Lipinski definition) is 0. The van der Waals surface area contributed by atoms with Crippen LogP contribution in [0.15, 0.2) is 138 Å². The van der Waals surface area contributed by atoms with Crippen LogP contribution in [-0.2, 0) is 15.4 Å². The number of aromatic nitrogens is 4. The Kier molecular flexibility index (Phi) is 6.73. The highest BCUT2D eigenvalue weighted by molar-refractivity contribution is 7.92. The highest BCUT2D eigenvalue weighted by Gasteiger charge is 2.40. The molecule has 7 aromatic rings. The van der Waals surface area contributed by atoms with Crippen molar-refractivity contribution in [3.8, 4) is 27.8 Å². The molecule has 0 fully saturated rings. The van der Waals surface area contributed by atoms with Crippen LogP contribution in [0.25, 0.3) is 27.3 Å². The minimum atomic E-state index is -3.32. The van der Waals surface area contributed by atoms with Gasteiger partial charge < -0.3 is 0 Å². The van der Waals surface area contributed by atoms with E-state index >= 15 is 0 Å². The third-order valence-corrected chi connectivity index (χ3v) is 10.7. The Labute approximate surface area is 258 Å². The fraction of sp³-hybridized carbons (Fsp3) is 0.0571. The van der Waals surface area contributed by atoms with Crippen LogP contribution < -0.4 is 0 Å². The molecule has 0 radical (unpaired) electrons. The van der Waals surface area contributed by atoms with Gasteiger partial charge in [-0.1, -0.05) is 91.0 Å². The number of thiophene rings is 1. The number of fused-ring (bicyclic) bond motifs is 1. The van der Waals surface area contributed by atoms with E-state index in [0.29, 0.717) is 15.4 Å². The van der Waals surface area contributed by atoms with Gasteiger partial charge in [0.15, 0.2) is 15.5 Å². The van der Waals surface area contributed by atoms with Crippen LogP contribution in [0.3, 0.4) is 0 Å². The molecule has 0 N–H and O–H groups in total. The summed E-state index contributed by atoms with van der Waals surface area (Å²) < 4.78 is 28.4. The highest BCUT2D eigenvalue weighted by Crippen LogP contribution is 2.42. The van der Waals surface area contributed by atoms with Crippen molar-refractivity contribution in [2.75, 3.05) is 6.26 Å². The molecule has 0 aliphatic rings. The number of benzene rings is 3. The van der Waals surface area contributed by atoms with Crippen molar-refractivity contribution in [3.63, 3.8) is 0 Å². The quantitative estimate of drug-likeness (QED) is 0.180. The Balaban J connectivity index is 1.45. The highest BCUT2D eigenvalue weighted by atomic mass is 32.2. The summed E-state index contributed by atoms with van der Waals surface area (Å²) in [6.45, 7) is 0. The van der Waals surface area contributed by atoms with Crippen molar-refractivity contribution in [2.45, 2.75) is 9.75 Å². The number of pyridine rings is 1. The standard InChI is InChI=1S/C35H25N5O2S2/c1-44(41,42)34-20-18-32(43-34)31-22-37-33-19-17-25(23-39(31)33)29-24-40(38-30(29)21-36)35(26-11-5-2-6-12-26,27-13-7-3-8-14-27)28-15-9-4-10-16-28/h2-20,22-24H,1H3. The Morgan fingerprint density at radius 2 is 1.36 bits per heavy atom. The van der Waals surface area contributed by atoms with E-state index in [4.69, 9.17) is 5.10 Å². The van der Waals surface area contributed by atoms with Crippen molar-refractivity contribution < 1.29 is 8.42 Å². The summed E-state index contributed by atoms with van der Waals surface area (Å²) in [5, 5.41) is 15.3. The van der Waals surface area contributed by atoms with Gasteiger partial charge in [-0.25, -0.2) is 13.4 Å². The van der Waals surface area contributed by atoms with Gasteiger partial charge in [-0.15, -0.1) is 11.3 Å². The first-order valence-electron chi connectivity index (χ1n) is 13.8. The maximum Gasteiger partial charge on any atom is 0.184 e. The van der Waals surface area contributed by atoms with Crippen molar-refractivity contribution in [1.82, 2.24) is 19.2 Å². The second-order valence-electron chi connectivity index (χ2n) is 10.4. The maximum absolute atomic E-state index is 12.1. The molecule has 0 atom stereocenters. The van der Waals surface area contributed by atoms with Gasteiger partial charge in [0.25, 0.3) is 0 Å². The van der Waals surface area contributed by atoms with E-state index in [1.165, 1.54) is 17.6 Å². The molecule has 0 saturated heterocycles. The Morgan fingerprint density at radius 3 is 1.89 bits per heavy atom. The Morgan fingerprint density at radius 1 is 0.773 bits per heavy atom. The van der Waals surface area contributed by atoms with E-state index in [1.807, 2.05) is 88.2 Å². The first-order valence-corrected chi connectivity index (χ1v) is 16.5. The lowest BCUT2D eigenvalue weighted by molar-refractivity contribution is 0.459. The predicted molar refractivity (Wildman–Crippen MR) is 172 cm³/mol. The van der Waals surface area contributed by atoms with E-state index in [-0.39, 0.29) is 5.69 Å². The lowest BCUT2D eigenvalue weighted by Gasteiger charge is -2.36. The molecule has 3 aromatic carbocycles. The van der Waals surface area contributed by atoms with Crippen molar-refractivity contribution in [1.29, 1.82) is 5.26 Å². The Hall–Kier alpha value is -5.30. The minimum Gasteiger partial charge on any atom is -0.298 e. The molecule has 0 spiro atoms. The minimum absolute atomic E-state index is 0.286. The number of rotatable bonds is 7. The fourth-order valence-electron chi connectivity index (χ4n) is 5.75. The van der Waals surface area contributed by atoms with Gasteiger partial charge in [0.05, 0.1) is 16.8 Å². The molecule has 44 heavy (non-hydrogen) atoms. The zero-order valence-corrected chi connectivity index (χ0v) is 25.2. The molecule has 4 heterocycles. The van der Waals surface area contributed by atoms with Crippen LogP contribution in [0.5, 0.6) is 0 Å². The molecule has 9 heteroatoms. The van der Waals surface area contributed by atoms with Gasteiger partial charge in [-0.3, -0.25) is 9.08 Å². The molecular weight excluding hydrogens is 587 g/mol. The molecule has 0 aliphatic heterocycles. The zero-order valence-electron chi connectivity index (χ0n) is 23.6. The van der Waals surface area contributed by atoms with Crippen LogP contribution in [0.1, 0.15) is 22.4 Å². The number of sulfone groups is 1. The van der Waals surface area contributed by atoms with Crippen LogP contribution in [0.4, 0.5) is 0 Å². The van der Waals surface area contributed by atoms with E-state index < -0.39 is 15.4 Å². The number of imidazole rings is 1. The number of nitriles is 1. The molecular formula is C35H25N5O2S2. The molecule has 0 saturated carbocycles. The van der Waals surface area contributed by atoms with E-state index in [9.17, 15) is 13.7 Å². The van der Waals surface area contributed by atoms with Crippen molar-refractivity contribution in [3.05, 3.63) is 156 Å². The van der Waals surface area contributed by atoms with Gasteiger partial charge in [0.2, 0.25) is 0 Å². The normalized spacial score (nSPS) is 11.9. The SMILES string of the molecule is CS(=O)(=O)c1ccc(-c2cnc3ccc(-c4cn(C(c5ccccc5)(c5ccccc5)c5ccccc5)nc4C#N)cn23)s1. The largest absolute Gasteiger partial charge is 0.298 e. The third-order valence-electron chi connectivity index (χ3n) is 7.75. The molecule has 0 amide bonds.